The van der Waals surface area contributed by atoms with Gasteiger partial charge in [-0.15, -0.1) is 0 Å². The first-order valence-corrected chi connectivity index (χ1v) is 7.57. The van der Waals surface area contributed by atoms with Crippen LogP contribution in [0.5, 0.6) is 0 Å². The summed E-state index contributed by atoms with van der Waals surface area (Å²) >= 11 is 6.13. The zero-order chi connectivity index (χ0) is 15.9. The van der Waals surface area contributed by atoms with Gasteiger partial charge in [0.2, 0.25) is 5.91 Å². The lowest BCUT2D eigenvalue weighted by Gasteiger charge is -2.16. The molecule has 0 saturated carbocycles. The minimum absolute atomic E-state index is 0.0766. The van der Waals surface area contributed by atoms with Crippen molar-refractivity contribution in [3.05, 3.63) is 41.4 Å². The summed E-state index contributed by atoms with van der Waals surface area (Å²) < 4.78 is 5.68. The Kier molecular flexibility index (Phi) is 5.98. The van der Waals surface area contributed by atoms with E-state index >= 15 is 0 Å². The molecule has 0 radical (unpaired) electrons. The fourth-order valence-electron chi connectivity index (χ4n) is 2.02. The molecule has 0 fully saturated rings. The molecule has 0 spiro atoms. The minimum Gasteiger partial charge on any atom is -0.441 e. The molecule has 0 unspecified atom stereocenters. The van der Waals surface area contributed by atoms with Gasteiger partial charge in [-0.25, -0.2) is 4.98 Å². The van der Waals surface area contributed by atoms with Gasteiger partial charge < -0.3 is 14.6 Å². The predicted octanol–water partition coefficient (Wildman–Crippen LogP) is 2.61. The molecular weight excluding hydrogens is 302 g/mol. The smallest absolute Gasteiger partial charge is 0.222 e. The molecule has 6 heteroatoms. The van der Waals surface area contributed by atoms with Gasteiger partial charge in [0.05, 0.1) is 11.2 Å². The molecule has 1 amide bonds. The Morgan fingerprint density at radius 2 is 2.18 bits per heavy atom. The van der Waals surface area contributed by atoms with Gasteiger partial charge in [-0.3, -0.25) is 4.79 Å². The van der Waals surface area contributed by atoms with Gasteiger partial charge in [0.1, 0.15) is 0 Å². The number of nitrogens with zero attached hydrogens (tertiary/aromatic N) is 2. The molecule has 0 aliphatic carbocycles. The van der Waals surface area contributed by atoms with Crippen LogP contribution in [0.2, 0.25) is 5.02 Å². The molecule has 0 atom stereocenters. The molecular formula is C16H20ClN3O2. The van der Waals surface area contributed by atoms with Crippen molar-refractivity contribution in [2.75, 3.05) is 27.2 Å². The number of benzene rings is 1. The summed E-state index contributed by atoms with van der Waals surface area (Å²) in [4.78, 5) is 17.9. The lowest BCUT2D eigenvalue weighted by Crippen LogP contribution is -2.32. The third-order valence-corrected chi connectivity index (χ3v) is 3.70. The lowest BCUT2D eigenvalue weighted by molar-refractivity contribution is -0.129. The summed E-state index contributed by atoms with van der Waals surface area (Å²) in [6.45, 7) is 1.46. The number of nitrogens with one attached hydrogen (secondary N) is 1. The maximum atomic E-state index is 12.0. The Balaban J connectivity index is 1.93. The van der Waals surface area contributed by atoms with Gasteiger partial charge >= 0.3 is 0 Å². The number of hydrogen-bond acceptors (Lipinski definition) is 4. The number of halogens is 1. The van der Waals surface area contributed by atoms with Crippen molar-refractivity contribution in [1.82, 2.24) is 15.2 Å². The highest BCUT2D eigenvalue weighted by atomic mass is 35.5. The largest absolute Gasteiger partial charge is 0.441 e. The van der Waals surface area contributed by atoms with E-state index in [9.17, 15) is 4.79 Å². The van der Waals surface area contributed by atoms with Crippen LogP contribution in [0, 0.1) is 0 Å². The number of carbonyl (C=O) groups excluding carboxylic acids is 1. The molecule has 5 nitrogen and oxygen atoms in total. The quantitative estimate of drug-likeness (QED) is 0.851. The first-order chi connectivity index (χ1) is 10.6. The summed E-state index contributed by atoms with van der Waals surface area (Å²) in [7, 11) is 3.66. The van der Waals surface area contributed by atoms with Gasteiger partial charge in [0.15, 0.2) is 11.7 Å². The van der Waals surface area contributed by atoms with Crippen LogP contribution in [0.4, 0.5) is 0 Å². The monoisotopic (exact) mass is 321 g/mol. The fraction of sp³-hybridized carbons (Fsp3) is 0.375. The van der Waals surface area contributed by atoms with Crippen LogP contribution in [-0.2, 0) is 11.2 Å². The number of amides is 1. The summed E-state index contributed by atoms with van der Waals surface area (Å²) in [5.74, 6) is 1.25. The predicted molar refractivity (Wildman–Crippen MR) is 86.8 cm³/mol. The summed E-state index contributed by atoms with van der Waals surface area (Å²) in [6.07, 6.45) is 2.50. The molecule has 1 aromatic carbocycles. The SMILES string of the molecule is CNCCN(C)C(=O)CCc1ncc(-c2ccccc2Cl)o1. The highest BCUT2D eigenvalue weighted by molar-refractivity contribution is 6.33. The van der Waals surface area contributed by atoms with Crippen LogP contribution in [0.15, 0.2) is 34.9 Å². The maximum Gasteiger partial charge on any atom is 0.222 e. The van der Waals surface area contributed by atoms with Gasteiger partial charge in [0, 0.05) is 38.5 Å². The second kappa shape index (κ2) is 7.96. The Labute approximate surface area is 135 Å². The summed E-state index contributed by atoms with van der Waals surface area (Å²) in [5.41, 5.74) is 0.806. The Morgan fingerprint density at radius 3 is 2.91 bits per heavy atom. The van der Waals surface area contributed by atoms with E-state index in [0.29, 0.717) is 36.1 Å². The van der Waals surface area contributed by atoms with Gasteiger partial charge in [0.25, 0.3) is 0 Å². The standard InChI is InChI=1S/C16H20ClN3O2/c1-18-9-10-20(2)16(21)8-7-15-19-11-14(22-15)12-5-3-4-6-13(12)17/h3-6,11,18H,7-10H2,1-2H3. The van der Waals surface area contributed by atoms with Gasteiger partial charge in [-0.1, -0.05) is 23.7 Å². The zero-order valence-electron chi connectivity index (χ0n) is 12.8. The zero-order valence-corrected chi connectivity index (χ0v) is 13.6. The molecule has 0 aliphatic rings. The number of aryl methyl sites for hydroxylation is 1. The second-order valence-corrected chi connectivity index (χ2v) is 5.42. The average molecular weight is 322 g/mol. The fourth-order valence-corrected chi connectivity index (χ4v) is 2.25. The van der Waals surface area contributed by atoms with E-state index in [1.165, 1.54) is 0 Å². The van der Waals surface area contributed by atoms with Crippen molar-refractivity contribution in [3.8, 4) is 11.3 Å². The first-order valence-electron chi connectivity index (χ1n) is 7.20. The number of carbonyl (C=O) groups is 1. The van der Waals surface area contributed by atoms with Gasteiger partial charge in [-0.05, 0) is 19.2 Å². The van der Waals surface area contributed by atoms with E-state index < -0.39 is 0 Å². The maximum absolute atomic E-state index is 12.0. The number of rotatable bonds is 7. The highest BCUT2D eigenvalue weighted by Crippen LogP contribution is 2.28. The van der Waals surface area contributed by atoms with Crippen LogP contribution in [0.3, 0.4) is 0 Å². The molecule has 0 aliphatic heterocycles. The van der Waals surface area contributed by atoms with Crippen molar-refractivity contribution >= 4 is 17.5 Å². The summed E-state index contributed by atoms with van der Waals surface area (Å²) in [5, 5.41) is 3.64. The van der Waals surface area contributed by atoms with Crippen molar-refractivity contribution in [2.24, 2.45) is 0 Å². The van der Waals surface area contributed by atoms with Crippen LogP contribution >= 0.6 is 11.6 Å². The van der Waals surface area contributed by atoms with Crippen LogP contribution < -0.4 is 5.32 Å². The Morgan fingerprint density at radius 1 is 1.41 bits per heavy atom. The molecule has 1 N–H and O–H groups in total. The number of oxazole rings is 1. The number of likely N-dealkylation sites (N-methyl/N-ethyl adjacent to an activating group) is 2. The van der Waals surface area contributed by atoms with E-state index in [1.54, 1.807) is 24.2 Å². The van der Waals surface area contributed by atoms with Crippen molar-refractivity contribution in [1.29, 1.82) is 0 Å². The Bertz CT molecular complexity index is 627. The second-order valence-electron chi connectivity index (χ2n) is 5.02. The van der Waals surface area contributed by atoms with Crippen molar-refractivity contribution in [3.63, 3.8) is 0 Å². The molecule has 0 bridgehead atoms. The van der Waals surface area contributed by atoms with Crippen LogP contribution in [0.1, 0.15) is 12.3 Å². The molecule has 1 aromatic heterocycles. The molecule has 2 rings (SSSR count). The van der Waals surface area contributed by atoms with E-state index in [2.05, 4.69) is 10.3 Å². The average Bonchev–Trinajstić information content (AvgIpc) is 2.99. The van der Waals surface area contributed by atoms with E-state index in [-0.39, 0.29) is 5.91 Å². The molecule has 0 saturated heterocycles. The summed E-state index contributed by atoms with van der Waals surface area (Å²) in [6, 6.07) is 7.44. The molecule has 118 valence electrons. The number of aromatic nitrogens is 1. The van der Waals surface area contributed by atoms with Crippen LogP contribution in [-0.4, -0.2) is 43.0 Å². The topological polar surface area (TPSA) is 58.4 Å². The third kappa shape index (κ3) is 4.32. The van der Waals surface area contributed by atoms with E-state index in [4.69, 9.17) is 16.0 Å². The lowest BCUT2D eigenvalue weighted by atomic mass is 10.2. The normalized spacial score (nSPS) is 10.7. The van der Waals surface area contributed by atoms with Gasteiger partial charge in [-0.2, -0.15) is 0 Å². The van der Waals surface area contributed by atoms with Crippen molar-refractivity contribution < 1.29 is 9.21 Å². The number of hydrogen-bond donors (Lipinski definition) is 1. The van der Waals surface area contributed by atoms with E-state index in [1.807, 2.05) is 25.2 Å². The van der Waals surface area contributed by atoms with Crippen molar-refractivity contribution in [2.45, 2.75) is 12.8 Å². The minimum atomic E-state index is 0.0766. The molecule has 22 heavy (non-hydrogen) atoms. The Hall–Kier alpha value is -1.85. The molecule has 2 aromatic rings. The third-order valence-electron chi connectivity index (χ3n) is 3.37. The molecule has 1 heterocycles. The highest BCUT2D eigenvalue weighted by Gasteiger charge is 2.13. The van der Waals surface area contributed by atoms with Crippen LogP contribution in [0.25, 0.3) is 11.3 Å². The first kappa shape index (κ1) is 16.5. The van der Waals surface area contributed by atoms with E-state index in [0.717, 1.165) is 12.1 Å².